The lowest BCUT2D eigenvalue weighted by molar-refractivity contribution is 0.381. The van der Waals surface area contributed by atoms with Crippen LogP contribution in [0.5, 0.6) is 0 Å². The van der Waals surface area contributed by atoms with Crippen molar-refractivity contribution in [3.05, 3.63) is 240 Å². The average molecular weight is 973 g/mol. The first-order chi connectivity index (χ1) is 34.9. The van der Waals surface area contributed by atoms with E-state index >= 15 is 0 Å². The van der Waals surface area contributed by atoms with Crippen molar-refractivity contribution in [3.8, 4) is 61.8 Å². The summed E-state index contributed by atoms with van der Waals surface area (Å²) < 4.78 is 146. The van der Waals surface area contributed by atoms with Crippen LogP contribution in [0.1, 0.15) is 0 Å². The minimum Gasteiger partial charge on any atom is -0.311 e. The molecule has 2 aromatic heterocycles. The molecule has 9 aromatic carbocycles. The van der Waals surface area contributed by atoms with Gasteiger partial charge in [-0.05, 0) is 82.9 Å². The van der Waals surface area contributed by atoms with Gasteiger partial charge in [-0.25, -0.2) is 53.9 Å². The molecule has 0 atom stereocenters. The molecule has 0 aliphatic carbocycles. The number of anilines is 3. The summed E-state index contributed by atoms with van der Waals surface area (Å²) in [5.41, 5.74) is 4.68. The predicted molar refractivity (Wildman–Crippen MR) is 258 cm³/mol. The van der Waals surface area contributed by atoms with Crippen LogP contribution >= 0.6 is 0 Å². The van der Waals surface area contributed by atoms with E-state index in [0.29, 0.717) is 11.6 Å². The summed E-state index contributed by atoms with van der Waals surface area (Å²) in [6, 6.07) is 52.7. The molecule has 0 amide bonds. The second kappa shape index (κ2) is 18.0. The number of para-hydroxylation sites is 1. The van der Waals surface area contributed by atoms with Gasteiger partial charge >= 0.3 is 0 Å². The standard InChI is InChI=1S/C58H30F10N4/c59-48-46(49(60)53(64)56(67)52(48)63)34-17-24-38(25-18-34)71(39-26-19-35(20-27-39)47-50(61)54(65)57(68)55(66)51(47)62)37-22-15-31(16-23-37)36-21-28-45-41(29-36)40-13-7-8-14-44(40)72(45)58-69-42(32-9-3-1-4-10-32)30-43(70-58)33-11-5-2-6-12-33/h1-30H. The van der Waals surface area contributed by atoms with E-state index in [-0.39, 0.29) is 22.5 Å². The van der Waals surface area contributed by atoms with Crippen molar-refractivity contribution in [1.82, 2.24) is 14.5 Å². The average Bonchev–Trinajstić information content (AvgIpc) is 3.76. The van der Waals surface area contributed by atoms with Crippen molar-refractivity contribution in [2.24, 2.45) is 0 Å². The molecule has 2 heterocycles. The fraction of sp³-hybridized carbons (Fsp3) is 0. The zero-order valence-corrected chi connectivity index (χ0v) is 36.9. The van der Waals surface area contributed by atoms with Crippen molar-refractivity contribution in [1.29, 1.82) is 0 Å². The number of rotatable bonds is 9. The Morgan fingerprint density at radius 2 is 0.653 bits per heavy atom. The fourth-order valence-electron chi connectivity index (χ4n) is 8.94. The van der Waals surface area contributed by atoms with Gasteiger partial charge in [0.2, 0.25) is 17.6 Å². The molecular weight excluding hydrogens is 943 g/mol. The first kappa shape index (κ1) is 45.4. The summed E-state index contributed by atoms with van der Waals surface area (Å²) in [5.74, 6) is -20.7. The topological polar surface area (TPSA) is 34.0 Å². The quantitative estimate of drug-likeness (QED) is 0.0821. The Bertz CT molecular complexity index is 3670. The van der Waals surface area contributed by atoms with E-state index in [1.807, 2.05) is 120 Å². The Balaban J connectivity index is 1.00. The Morgan fingerprint density at radius 1 is 0.292 bits per heavy atom. The van der Waals surface area contributed by atoms with E-state index in [1.54, 1.807) is 17.0 Å². The smallest absolute Gasteiger partial charge is 0.235 e. The largest absolute Gasteiger partial charge is 0.311 e. The Morgan fingerprint density at radius 3 is 1.10 bits per heavy atom. The molecule has 11 aromatic rings. The van der Waals surface area contributed by atoms with Crippen LogP contribution in [0.3, 0.4) is 0 Å². The number of halogens is 10. The van der Waals surface area contributed by atoms with Crippen molar-refractivity contribution >= 4 is 38.9 Å². The number of benzene rings is 9. The summed E-state index contributed by atoms with van der Waals surface area (Å²) in [5, 5.41) is 1.85. The molecule has 0 N–H and O–H groups in total. The molecule has 4 nitrogen and oxygen atoms in total. The summed E-state index contributed by atoms with van der Waals surface area (Å²) >= 11 is 0. The fourth-order valence-corrected chi connectivity index (χ4v) is 8.94. The van der Waals surface area contributed by atoms with E-state index < -0.39 is 69.3 Å². The second-order valence-corrected chi connectivity index (χ2v) is 16.6. The number of nitrogens with zero attached hydrogens (tertiary/aromatic N) is 4. The van der Waals surface area contributed by atoms with E-state index in [9.17, 15) is 43.9 Å². The maximum Gasteiger partial charge on any atom is 0.235 e. The maximum absolute atomic E-state index is 14.9. The minimum atomic E-state index is -2.31. The summed E-state index contributed by atoms with van der Waals surface area (Å²) in [6.45, 7) is 0. The summed E-state index contributed by atoms with van der Waals surface area (Å²) in [4.78, 5) is 11.8. The van der Waals surface area contributed by atoms with Crippen molar-refractivity contribution in [3.63, 3.8) is 0 Å². The number of aromatic nitrogens is 3. The van der Waals surface area contributed by atoms with Crippen LogP contribution in [0.15, 0.2) is 182 Å². The van der Waals surface area contributed by atoms with Crippen molar-refractivity contribution in [2.75, 3.05) is 4.90 Å². The number of hydrogen-bond acceptors (Lipinski definition) is 3. The zero-order valence-electron chi connectivity index (χ0n) is 36.9. The van der Waals surface area contributed by atoms with Crippen LogP contribution in [-0.2, 0) is 0 Å². The number of fused-ring (bicyclic) bond motifs is 3. The van der Waals surface area contributed by atoms with Crippen LogP contribution in [0.4, 0.5) is 61.0 Å². The summed E-state index contributed by atoms with van der Waals surface area (Å²) in [7, 11) is 0. The molecule has 352 valence electrons. The zero-order chi connectivity index (χ0) is 49.9. The van der Waals surface area contributed by atoms with Crippen LogP contribution in [0.25, 0.3) is 83.6 Å². The van der Waals surface area contributed by atoms with Gasteiger partial charge in [0.15, 0.2) is 46.5 Å². The molecular formula is C58H30F10N4. The minimum absolute atomic E-state index is 0.280. The molecule has 72 heavy (non-hydrogen) atoms. The first-order valence-electron chi connectivity index (χ1n) is 22.1. The molecule has 0 radical (unpaired) electrons. The Kier molecular flexibility index (Phi) is 11.4. The van der Waals surface area contributed by atoms with E-state index in [1.165, 1.54) is 24.3 Å². The van der Waals surface area contributed by atoms with E-state index in [4.69, 9.17) is 9.97 Å². The number of hydrogen-bond donors (Lipinski definition) is 0. The van der Waals surface area contributed by atoms with Crippen LogP contribution in [-0.4, -0.2) is 14.5 Å². The van der Waals surface area contributed by atoms with Crippen molar-refractivity contribution in [2.45, 2.75) is 0 Å². The molecule has 14 heteroatoms. The highest BCUT2D eigenvalue weighted by Crippen LogP contribution is 2.41. The third-order valence-corrected chi connectivity index (χ3v) is 12.4. The lowest BCUT2D eigenvalue weighted by atomic mass is 10.0. The van der Waals surface area contributed by atoms with Crippen LogP contribution in [0, 0.1) is 58.2 Å². The van der Waals surface area contributed by atoms with Gasteiger partial charge in [-0.1, -0.05) is 121 Å². The summed E-state index contributed by atoms with van der Waals surface area (Å²) in [6.07, 6.45) is 0. The molecule has 0 spiro atoms. The molecule has 11 rings (SSSR count). The predicted octanol–water partition coefficient (Wildman–Crippen LogP) is 16.8. The lowest BCUT2D eigenvalue weighted by Gasteiger charge is -2.26. The van der Waals surface area contributed by atoms with Crippen LogP contribution < -0.4 is 4.90 Å². The Hall–Kier alpha value is -9.04. The molecule has 0 unspecified atom stereocenters. The van der Waals surface area contributed by atoms with Gasteiger partial charge in [-0.15, -0.1) is 0 Å². The first-order valence-corrected chi connectivity index (χ1v) is 22.1. The molecule has 0 saturated heterocycles. The van der Waals surface area contributed by atoms with Gasteiger partial charge in [0.25, 0.3) is 0 Å². The van der Waals surface area contributed by atoms with Gasteiger partial charge < -0.3 is 4.90 Å². The third-order valence-electron chi connectivity index (χ3n) is 12.4. The SMILES string of the molecule is Fc1c(F)c(F)c(-c2ccc(N(c3ccc(-c4ccc5c(c4)c4ccccc4n5-c4nc(-c5ccccc5)cc(-c5ccccc5)n4)cc3)c3ccc(-c4c(F)c(F)c(F)c(F)c4F)cc3)cc2)c(F)c1F. The Labute approximate surface area is 403 Å². The van der Waals surface area contributed by atoms with E-state index in [2.05, 4.69) is 6.07 Å². The normalized spacial score (nSPS) is 11.5. The molecule has 0 fully saturated rings. The molecule has 0 aliphatic heterocycles. The molecule has 0 saturated carbocycles. The lowest BCUT2D eigenvalue weighted by Crippen LogP contribution is -2.10. The van der Waals surface area contributed by atoms with E-state index in [0.717, 1.165) is 79.7 Å². The van der Waals surface area contributed by atoms with Gasteiger partial charge in [-0.2, -0.15) is 0 Å². The van der Waals surface area contributed by atoms with Gasteiger partial charge in [0.05, 0.1) is 33.5 Å². The molecule has 0 aliphatic rings. The monoisotopic (exact) mass is 972 g/mol. The second-order valence-electron chi connectivity index (χ2n) is 16.6. The third kappa shape index (κ3) is 7.68. The van der Waals surface area contributed by atoms with Gasteiger partial charge in [0, 0.05) is 39.0 Å². The van der Waals surface area contributed by atoms with Crippen molar-refractivity contribution < 1.29 is 43.9 Å². The highest BCUT2D eigenvalue weighted by molar-refractivity contribution is 6.10. The van der Waals surface area contributed by atoms with Crippen LogP contribution in [0.2, 0.25) is 0 Å². The van der Waals surface area contributed by atoms with Gasteiger partial charge in [0.1, 0.15) is 0 Å². The highest BCUT2D eigenvalue weighted by atomic mass is 19.2. The van der Waals surface area contributed by atoms with Gasteiger partial charge in [-0.3, -0.25) is 4.57 Å². The maximum atomic E-state index is 14.9. The molecule has 0 bridgehead atoms. The highest BCUT2D eigenvalue weighted by Gasteiger charge is 2.29.